The molecule has 7 nitrogen and oxygen atoms in total. The zero-order valence-corrected chi connectivity index (χ0v) is 18.8. The maximum absolute atomic E-state index is 13.3. The number of carbonyl (C=O) groups is 1. The first-order valence-corrected chi connectivity index (χ1v) is 12.4. The van der Waals surface area contributed by atoms with Crippen LogP contribution in [0.5, 0.6) is 0 Å². The number of nitrogens with zero attached hydrogens (tertiary/aromatic N) is 2. The summed E-state index contributed by atoms with van der Waals surface area (Å²) >= 11 is 0. The van der Waals surface area contributed by atoms with Crippen molar-refractivity contribution in [3.8, 4) is 6.07 Å². The Kier molecular flexibility index (Phi) is 5.91. The number of benzene rings is 1. The second-order valence-electron chi connectivity index (χ2n) is 8.74. The number of rotatable bonds is 3. The molecule has 8 heteroatoms. The van der Waals surface area contributed by atoms with Gasteiger partial charge in [0.25, 0.3) is 5.91 Å². The number of nitrogens with one attached hydrogen (secondary N) is 3. The molecule has 4 rings (SSSR count). The third kappa shape index (κ3) is 4.25. The van der Waals surface area contributed by atoms with Crippen LogP contribution in [-0.4, -0.2) is 20.7 Å². The summed E-state index contributed by atoms with van der Waals surface area (Å²) in [6, 6.07) is 7.39. The third-order valence-electron chi connectivity index (χ3n) is 6.63. The molecule has 0 spiro atoms. The Hall–Kier alpha value is -2.63. The van der Waals surface area contributed by atoms with Crippen LogP contribution in [-0.2, 0) is 23.4 Å². The predicted octanol–water partition coefficient (Wildman–Crippen LogP) is 4.26. The third-order valence-corrected chi connectivity index (χ3v) is 8.23. The average molecular weight is 440 g/mol. The van der Waals surface area contributed by atoms with Gasteiger partial charge in [-0.15, -0.1) is 0 Å². The van der Waals surface area contributed by atoms with Gasteiger partial charge in [-0.05, 0) is 56.2 Å². The first-order chi connectivity index (χ1) is 14.8. The molecule has 0 radical (unpaired) electrons. The molecule has 1 aromatic carbocycles. The van der Waals surface area contributed by atoms with Gasteiger partial charge in [-0.25, -0.2) is 13.7 Å². The molecular weight excluding hydrogens is 410 g/mol. The maximum atomic E-state index is 13.3. The van der Waals surface area contributed by atoms with Gasteiger partial charge in [0.1, 0.15) is 15.6 Å². The van der Waals surface area contributed by atoms with Gasteiger partial charge < -0.3 is 9.88 Å². The zero-order valence-electron chi connectivity index (χ0n) is 18.0. The normalized spacial score (nSPS) is 24.1. The summed E-state index contributed by atoms with van der Waals surface area (Å²) in [5, 5.41) is 12.1. The quantitative estimate of drug-likeness (QED) is 0.664. The molecule has 0 saturated heterocycles. The fourth-order valence-corrected chi connectivity index (χ4v) is 6.66. The first-order valence-electron chi connectivity index (χ1n) is 10.9. The maximum Gasteiger partial charge on any atom is 0.272 e. The second kappa shape index (κ2) is 8.48. The van der Waals surface area contributed by atoms with Gasteiger partial charge in [-0.2, -0.15) is 5.26 Å². The van der Waals surface area contributed by atoms with Gasteiger partial charge in [0.15, 0.2) is 0 Å². The molecule has 2 aromatic rings. The topological polar surface area (TPSA) is 111 Å². The van der Waals surface area contributed by atoms with Crippen molar-refractivity contribution in [2.75, 3.05) is 5.32 Å². The molecule has 3 N–H and O–H groups in total. The van der Waals surface area contributed by atoms with E-state index in [-0.39, 0.29) is 11.9 Å². The van der Waals surface area contributed by atoms with E-state index in [4.69, 9.17) is 4.78 Å². The van der Waals surface area contributed by atoms with Crippen molar-refractivity contribution in [1.29, 1.82) is 10.0 Å². The van der Waals surface area contributed by atoms with E-state index in [9.17, 15) is 14.3 Å². The van der Waals surface area contributed by atoms with Crippen LogP contribution < -0.4 is 10.0 Å². The number of fused-ring (bicyclic) bond motifs is 1. The number of hydrogen-bond acceptors (Lipinski definition) is 4. The summed E-state index contributed by atoms with van der Waals surface area (Å²) < 4.78 is 26.7. The van der Waals surface area contributed by atoms with Crippen LogP contribution in [0.4, 0.5) is 5.69 Å². The smallest absolute Gasteiger partial charge is 0.272 e. The van der Waals surface area contributed by atoms with Crippen LogP contribution in [0.25, 0.3) is 0 Å². The summed E-state index contributed by atoms with van der Waals surface area (Å²) in [4.78, 5) is 13.6. The fraction of sp³-hybridized carbons (Fsp3) is 0.478. The zero-order chi connectivity index (χ0) is 22.2. The number of amides is 1. The Morgan fingerprint density at radius 2 is 2.03 bits per heavy atom. The molecule has 164 valence electrons. The lowest BCUT2D eigenvalue weighted by Crippen LogP contribution is -2.39. The molecule has 0 bridgehead atoms. The highest BCUT2D eigenvalue weighted by Gasteiger charge is 2.34. The van der Waals surface area contributed by atoms with Gasteiger partial charge in [0.2, 0.25) is 0 Å². The Balaban J connectivity index is 1.63. The SMILES string of the molecule is Cc1ccc(NC(=O)c2c3c(cn2C)S(=N)(=O)N[C@@H](C2CCCCC2)CC3)cc1C#N. The minimum absolute atomic E-state index is 0.0363. The van der Waals surface area contributed by atoms with Crippen LogP contribution in [0.1, 0.15) is 65.7 Å². The monoisotopic (exact) mass is 439 g/mol. The largest absolute Gasteiger partial charge is 0.345 e. The molecule has 31 heavy (non-hydrogen) atoms. The van der Waals surface area contributed by atoms with E-state index in [0.29, 0.717) is 39.7 Å². The molecule has 1 saturated carbocycles. The van der Waals surface area contributed by atoms with Crippen molar-refractivity contribution in [1.82, 2.24) is 9.29 Å². The number of nitriles is 1. The Morgan fingerprint density at radius 1 is 1.29 bits per heavy atom. The lowest BCUT2D eigenvalue weighted by molar-refractivity contribution is 0.101. The van der Waals surface area contributed by atoms with Crippen molar-refractivity contribution in [2.24, 2.45) is 13.0 Å². The van der Waals surface area contributed by atoms with Gasteiger partial charge in [-0.1, -0.05) is 25.3 Å². The minimum atomic E-state index is -3.20. The fourth-order valence-electron chi connectivity index (χ4n) is 4.95. The van der Waals surface area contributed by atoms with E-state index < -0.39 is 9.92 Å². The van der Waals surface area contributed by atoms with Crippen molar-refractivity contribution in [2.45, 2.75) is 62.8 Å². The molecule has 1 fully saturated rings. The van der Waals surface area contributed by atoms with E-state index >= 15 is 0 Å². The van der Waals surface area contributed by atoms with E-state index in [0.717, 1.165) is 24.8 Å². The Bertz CT molecular complexity index is 1150. The average Bonchev–Trinajstić information content (AvgIpc) is 3.04. The van der Waals surface area contributed by atoms with Gasteiger partial charge in [0, 0.05) is 30.5 Å². The van der Waals surface area contributed by atoms with E-state index in [1.54, 1.807) is 36.0 Å². The summed E-state index contributed by atoms with van der Waals surface area (Å²) in [7, 11) is -1.45. The van der Waals surface area contributed by atoms with Crippen LogP contribution >= 0.6 is 0 Å². The number of carbonyl (C=O) groups excluding carboxylic acids is 1. The number of aromatic nitrogens is 1. The Labute approximate surface area is 183 Å². The summed E-state index contributed by atoms with van der Waals surface area (Å²) in [6.07, 6.45) is 8.86. The lowest BCUT2D eigenvalue weighted by Gasteiger charge is -2.30. The molecule has 1 amide bonds. The van der Waals surface area contributed by atoms with Crippen LogP contribution in [0, 0.1) is 29.0 Å². The van der Waals surface area contributed by atoms with Crippen molar-refractivity contribution in [3.63, 3.8) is 0 Å². The van der Waals surface area contributed by atoms with Crippen LogP contribution in [0.3, 0.4) is 0 Å². The molecule has 1 aliphatic carbocycles. The van der Waals surface area contributed by atoms with E-state index in [1.807, 2.05) is 6.92 Å². The highest BCUT2D eigenvalue weighted by molar-refractivity contribution is 7.90. The van der Waals surface area contributed by atoms with E-state index in [2.05, 4.69) is 16.1 Å². The molecule has 1 unspecified atom stereocenters. The molecule has 2 atom stereocenters. The highest BCUT2D eigenvalue weighted by atomic mass is 32.2. The predicted molar refractivity (Wildman–Crippen MR) is 120 cm³/mol. The summed E-state index contributed by atoms with van der Waals surface area (Å²) in [6.45, 7) is 1.85. The Morgan fingerprint density at radius 3 is 2.74 bits per heavy atom. The summed E-state index contributed by atoms with van der Waals surface area (Å²) in [5.74, 6) is 0.120. The molecule has 2 aliphatic rings. The van der Waals surface area contributed by atoms with E-state index in [1.165, 1.54) is 19.3 Å². The standard InChI is InChI=1S/C23H29N5O2S/c1-15-8-9-18(12-17(15)13-24)26-23(29)22-19-10-11-20(16-6-4-3-5-7-16)27-31(25,30)21(19)14-28(22)2/h8-9,12,14,16,20H,3-7,10-11H2,1-2H3,(H,26,29)(H2,25,27,30)/t20-,31?/m1/s1. The van der Waals surface area contributed by atoms with Crippen molar-refractivity contribution in [3.05, 3.63) is 46.8 Å². The van der Waals surface area contributed by atoms with Crippen molar-refractivity contribution < 1.29 is 9.00 Å². The molecule has 1 aliphatic heterocycles. The summed E-state index contributed by atoms with van der Waals surface area (Å²) in [5.41, 5.74) is 3.03. The van der Waals surface area contributed by atoms with Crippen molar-refractivity contribution >= 4 is 21.5 Å². The van der Waals surface area contributed by atoms with Crippen LogP contribution in [0.2, 0.25) is 0 Å². The van der Waals surface area contributed by atoms with Gasteiger partial charge in [-0.3, -0.25) is 4.79 Å². The van der Waals surface area contributed by atoms with Gasteiger partial charge >= 0.3 is 0 Å². The minimum Gasteiger partial charge on any atom is -0.345 e. The molecule has 1 aromatic heterocycles. The number of hydrogen-bond donors (Lipinski definition) is 3. The lowest BCUT2D eigenvalue weighted by atomic mass is 9.82. The number of aryl methyl sites for hydroxylation is 2. The van der Waals surface area contributed by atoms with Gasteiger partial charge in [0.05, 0.1) is 16.5 Å². The first kappa shape index (κ1) is 21.6. The number of anilines is 1. The van der Waals surface area contributed by atoms with Crippen LogP contribution in [0.15, 0.2) is 29.3 Å². The highest BCUT2D eigenvalue weighted by Crippen LogP contribution is 2.34. The second-order valence-corrected chi connectivity index (χ2v) is 10.5. The molecule has 2 heterocycles. The molecular formula is C23H29N5O2S.